The van der Waals surface area contributed by atoms with Gasteiger partial charge in [0.1, 0.15) is 6.33 Å². The highest BCUT2D eigenvalue weighted by atomic mass is 16.4. The summed E-state index contributed by atoms with van der Waals surface area (Å²) in [5.41, 5.74) is 0. The summed E-state index contributed by atoms with van der Waals surface area (Å²) in [6.07, 6.45) is 0.647. The second kappa shape index (κ2) is 4.51. The molecule has 1 aromatic heterocycles. The number of carboxylic acid groups (broad SMARTS) is 1. The van der Waals surface area contributed by atoms with Crippen molar-refractivity contribution in [2.45, 2.75) is 25.5 Å². The van der Waals surface area contributed by atoms with E-state index in [0.29, 0.717) is 13.0 Å². The van der Waals surface area contributed by atoms with Gasteiger partial charge in [0.05, 0.1) is 12.5 Å². The van der Waals surface area contributed by atoms with Crippen LogP contribution >= 0.6 is 0 Å². The van der Waals surface area contributed by atoms with Crippen molar-refractivity contribution in [3.8, 4) is 0 Å². The molecule has 7 heteroatoms. The number of hydrogen-bond acceptors (Lipinski definition) is 5. The number of rotatable bonds is 5. The van der Waals surface area contributed by atoms with Crippen LogP contribution in [0.1, 0.15) is 12.8 Å². The first-order valence-electron chi connectivity index (χ1n) is 3.79. The standard InChI is InChI=1S/C6H10N4O3/c11-5(3-6(12)13)1-2-10-4-7-8-9-10/h4-5,11H,1-3H2,(H,12,13)/t5-/m1/s1. The summed E-state index contributed by atoms with van der Waals surface area (Å²) in [6, 6.07) is 0. The highest BCUT2D eigenvalue weighted by molar-refractivity contribution is 5.67. The third kappa shape index (κ3) is 3.61. The lowest BCUT2D eigenvalue weighted by Gasteiger charge is -2.05. The van der Waals surface area contributed by atoms with Gasteiger partial charge in [0.2, 0.25) is 0 Å². The normalized spacial score (nSPS) is 12.7. The van der Waals surface area contributed by atoms with Gasteiger partial charge >= 0.3 is 5.97 Å². The highest BCUT2D eigenvalue weighted by Crippen LogP contribution is 1.99. The van der Waals surface area contributed by atoms with E-state index in [0.717, 1.165) is 0 Å². The van der Waals surface area contributed by atoms with E-state index in [1.807, 2.05) is 0 Å². The van der Waals surface area contributed by atoms with Gasteiger partial charge in [-0.1, -0.05) is 0 Å². The molecule has 7 nitrogen and oxygen atoms in total. The quantitative estimate of drug-likeness (QED) is 0.605. The number of aliphatic hydroxyl groups excluding tert-OH is 1. The summed E-state index contributed by atoms with van der Waals surface area (Å²) in [7, 11) is 0. The van der Waals surface area contributed by atoms with E-state index in [1.54, 1.807) is 0 Å². The van der Waals surface area contributed by atoms with Crippen LogP contribution < -0.4 is 0 Å². The Hall–Kier alpha value is -1.50. The van der Waals surface area contributed by atoms with Gasteiger partial charge in [0.25, 0.3) is 0 Å². The third-order valence-corrected chi connectivity index (χ3v) is 1.49. The van der Waals surface area contributed by atoms with Gasteiger partial charge in [-0.3, -0.25) is 4.79 Å². The molecule has 0 aliphatic rings. The molecule has 0 aliphatic heterocycles. The lowest BCUT2D eigenvalue weighted by Crippen LogP contribution is -2.15. The fraction of sp³-hybridized carbons (Fsp3) is 0.667. The van der Waals surface area contributed by atoms with E-state index in [4.69, 9.17) is 10.2 Å². The largest absolute Gasteiger partial charge is 0.481 e. The van der Waals surface area contributed by atoms with E-state index in [2.05, 4.69) is 15.5 Å². The number of aryl methyl sites for hydroxylation is 1. The molecule has 72 valence electrons. The summed E-state index contributed by atoms with van der Waals surface area (Å²) in [5, 5.41) is 27.8. The fourth-order valence-corrected chi connectivity index (χ4v) is 0.868. The van der Waals surface area contributed by atoms with Gasteiger partial charge in [-0.2, -0.15) is 0 Å². The molecule has 0 amide bonds. The van der Waals surface area contributed by atoms with E-state index < -0.39 is 12.1 Å². The number of carboxylic acids is 1. The summed E-state index contributed by atoms with van der Waals surface area (Å²) in [6.45, 7) is 0.418. The third-order valence-electron chi connectivity index (χ3n) is 1.49. The first kappa shape index (κ1) is 9.59. The van der Waals surface area contributed by atoms with Crippen LogP contribution in [0.2, 0.25) is 0 Å². The highest BCUT2D eigenvalue weighted by Gasteiger charge is 2.09. The molecule has 0 saturated heterocycles. The van der Waals surface area contributed by atoms with Crippen molar-refractivity contribution in [1.29, 1.82) is 0 Å². The lowest BCUT2D eigenvalue weighted by molar-refractivity contribution is -0.139. The van der Waals surface area contributed by atoms with E-state index in [9.17, 15) is 4.79 Å². The Morgan fingerprint density at radius 3 is 2.92 bits per heavy atom. The molecule has 2 N–H and O–H groups in total. The van der Waals surface area contributed by atoms with Gasteiger partial charge in [-0.05, 0) is 16.8 Å². The molecule has 0 aliphatic carbocycles. The molecule has 1 rings (SSSR count). The minimum absolute atomic E-state index is 0.248. The second-order valence-electron chi connectivity index (χ2n) is 2.61. The molecule has 0 bridgehead atoms. The monoisotopic (exact) mass is 186 g/mol. The van der Waals surface area contributed by atoms with Gasteiger partial charge in [-0.15, -0.1) is 5.10 Å². The minimum Gasteiger partial charge on any atom is -0.481 e. The number of aliphatic hydroxyl groups is 1. The Balaban J connectivity index is 2.22. The van der Waals surface area contributed by atoms with Crippen molar-refractivity contribution in [1.82, 2.24) is 20.2 Å². The first-order valence-corrected chi connectivity index (χ1v) is 3.79. The molecular formula is C6H10N4O3. The number of aliphatic carboxylic acids is 1. The zero-order chi connectivity index (χ0) is 9.68. The van der Waals surface area contributed by atoms with Crippen molar-refractivity contribution >= 4 is 5.97 Å². The molecule has 0 spiro atoms. The second-order valence-corrected chi connectivity index (χ2v) is 2.61. The summed E-state index contributed by atoms with van der Waals surface area (Å²) in [5.74, 6) is -1.01. The zero-order valence-corrected chi connectivity index (χ0v) is 6.87. The zero-order valence-electron chi connectivity index (χ0n) is 6.87. The number of aromatic nitrogens is 4. The van der Waals surface area contributed by atoms with Crippen molar-refractivity contribution < 1.29 is 15.0 Å². The van der Waals surface area contributed by atoms with Gasteiger partial charge < -0.3 is 10.2 Å². The Kier molecular flexibility index (Phi) is 3.32. The number of nitrogens with zero attached hydrogens (tertiary/aromatic N) is 4. The predicted molar refractivity (Wildman–Crippen MR) is 40.7 cm³/mol. The molecule has 0 aromatic carbocycles. The average Bonchev–Trinajstić information content (AvgIpc) is 2.51. The SMILES string of the molecule is O=C(O)C[C@H](O)CCn1cnnn1. The summed E-state index contributed by atoms with van der Waals surface area (Å²) in [4.78, 5) is 10.2. The van der Waals surface area contributed by atoms with Crippen LogP contribution in [0.3, 0.4) is 0 Å². The maximum absolute atomic E-state index is 10.2. The molecule has 1 heterocycles. The number of tetrazole rings is 1. The molecule has 1 atom stereocenters. The van der Waals surface area contributed by atoms with Gasteiger partial charge in [0, 0.05) is 6.54 Å². The molecule has 0 fully saturated rings. The fourth-order valence-electron chi connectivity index (χ4n) is 0.868. The molecule has 0 unspecified atom stereocenters. The van der Waals surface area contributed by atoms with Crippen LogP contribution in [0.25, 0.3) is 0 Å². The van der Waals surface area contributed by atoms with Crippen molar-refractivity contribution in [2.24, 2.45) is 0 Å². The van der Waals surface area contributed by atoms with Crippen molar-refractivity contribution in [2.75, 3.05) is 0 Å². The number of carbonyl (C=O) groups is 1. The van der Waals surface area contributed by atoms with Crippen molar-refractivity contribution in [3.05, 3.63) is 6.33 Å². The van der Waals surface area contributed by atoms with Crippen LogP contribution in [0.5, 0.6) is 0 Å². The van der Waals surface area contributed by atoms with Crippen LogP contribution in [-0.4, -0.2) is 42.5 Å². The molecule has 1 aromatic rings. The molecule has 0 radical (unpaired) electrons. The Morgan fingerprint density at radius 1 is 1.62 bits per heavy atom. The molecule has 0 saturated carbocycles. The van der Waals surface area contributed by atoms with Gasteiger partial charge in [-0.25, -0.2) is 4.68 Å². The predicted octanol–water partition coefficient (Wildman–Crippen LogP) is -1.10. The Morgan fingerprint density at radius 2 is 2.38 bits per heavy atom. The average molecular weight is 186 g/mol. The maximum Gasteiger partial charge on any atom is 0.305 e. The van der Waals surface area contributed by atoms with Crippen LogP contribution in [0.4, 0.5) is 0 Å². The maximum atomic E-state index is 10.2. The van der Waals surface area contributed by atoms with Crippen LogP contribution in [0.15, 0.2) is 6.33 Å². The van der Waals surface area contributed by atoms with E-state index in [-0.39, 0.29) is 6.42 Å². The topological polar surface area (TPSA) is 101 Å². The van der Waals surface area contributed by atoms with Crippen LogP contribution in [-0.2, 0) is 11.3 Å². The smallest absolute Gasteiger partial charge is 0.305 e. The van der Waals surface area contributed by atoms with E-state index >= 15 is 0 Å². The van der Waals surface area contributed by atoms with Crippen molar-refractivity contribution in [3.63, 3.8) is 0 Å². The lowest BCUT2D eigenvalue weighted by atomic mass is 10.2. The Bertz CT molecular complexity index is 261. The van der Waals surface area contributed by atoms with Gasteiger partial charge in [0.15, 0.2) is 0 Å². The summed E-state index contributed by atoms with van der Waals surface area (Å²) < 4.78 is 1.44. The number of hydrogen-bond donors (Lipinski definition) is 2. The van der Waals surface area contributed by atoms with Crippen LogP contribution in [0, 0.1) is 0 Å². The minimum atomic E-state index is -1.01. The molecule has 13 heavy (non-hydrogen) atoms. The summed E-state index contributed by atoms with van der Waals surface area (Å²) >= 11 is 0. The Labute approximate surface area is 74.0 Å². The molecular weight excluding hydrogens is 176 g/mol. The van der Waals surface area contributed by atoms with E-state index in [1.165, 1.54) is 11.0 Å². The first-order chi connectivity index (χ1) is 6.18.